The molecule has 0 aliphatic carbocycles. The van der Waals surface area contributed by atoms with E-state index in [2.05, 4.69) is 12.1 Å². The Labute approximate surface area is 177 Å². The van der Waals surface area contributed by atoms with E-state index in [4.69, 9.17) is 9.26 Å². The van der Waals surface area contributed by atoms with E-state index in [0.717, 1.165) is 44.3 Å². The number of hydrogen-bond acceptors (Lipinski definition) is 5. The summed E-state index contributed by atoms with van der Waals surface area (Å²) < 4.78 is 10.8. The molecule has 2 aliphatic rings. The minimum absolute atomic E-state index is 0.128. The van der Waals surface area contributed by atoms with Crippen molar-refractivity contribution in [2.24, 2.45) is 11.8 Å². The van der Waals surface area contributed by atoms with E-state index in [-0.39, 0.29) is 23.4 Å². The zero-order valence-electron chi connectivity index (χ0n) is 17.7. The topological polar surface area (TPSA) is 75.9 Å². The van der Waals surface area contributed by atoms with Crippen LogP contribution in [0, 0.1) is 11.8 Å². The molecule has 1 unspecified atom stereocenters. The van der Waals surface area contributed by atoms with Crippen LogP contribution in [0.4, 0.5) is 0 Å². The third-order valence-corrected chi connectivity index (χ3v) is 6.25. The van der Waals surface area contributed by atoms with Crippen LogP contribution in [0.15, 0.2) is 34.9 Å². The maximum Gasteiger partial charge on any atom is 0.276 e. The number of benzene rings is 1. The Bertz CT molecular complexity index is 901. The largest absolute Gasteiger partial charge is 0.496 e. The van der Waals surface area contributed by atoms with Crippen molar-refractivity contribution in [2.45, 2.75) is 32.6 Å². The van der Waals surface area contributed by atoms with Crippen molar-refractivity contribution < 1.29 is 18.8 Å². The molecule has 2 fully saturated rings. The van der Waals surface area contributed by atoms with Gasteiger partial charge in [0.1, 0.15) is 5.75 Å². The summed E-state index contributed by atoms with van der Waals surface area (Å²) >= 11 is 0. The van der Waals surface area contributed by atoms with E-state index in [1.54, 1.807) is 18.1 Å². The molecular formula is C23H29N3O4. The molecule has 0 bridgehead atoms. The van der Waals surface area contributed by atoms with E-state index in [9.17, 15) is 9.59 Å². The summed E-state index contributed by atoms with van der Waals surface area (Å²) in [6, 6.07) is 9.10. The first-order valence-corrected chi connectivity index (χ1v) is 10.7. The van der Waals surface area contributed by atoms with E-state index < -0.39 is 0 Å². The summed E-state index contributed by atoms with van der Waals surface area (Å²) in [4.78, 5) is 29.7. The quantitative estimate of drug-likeness (QED) is 0.770. The highest BCUT2D eigenvalue weighted by Crippen LogP contribution is 2.30. The molecular weight excluding hydrogens is 382 g/mol. The average Bonchev–Trinajstić information content (AvgIpc) is 3.29. The van der Waals surface area contributed by atoms with Crippen molar-refractivity contribution in [3.63, 3.8) is 0 Å². The minimum Gasteiger partial charge on any atom is -0.496 e. The van der Waals surface area contributed by atoms with Crippen LogP contribution < -0.4 is 4.74 Å². The number of likely N-dealkylation sites (tertiary alicyclic amines) is 2. The van der Waals surface area contributed by atoms with Crippen molar-refractivity contribution in [1.82, 2.24) is 15.0 Å². The van der Waals surface area contributed by atoms with Crippen LogP contribution in [-0.4, -0.2) is 60.1 Å². The van der Waals surface area contributed by atoms with Gasteiger partial charge in [0.15, 0.2) is 11.5 Å². The first kappa shape index (κ1) is 20.4. The van der Waals surface area contributed by atoms with Gasteiger partial charge in [-0.15, -0.1) is 0 Å². The zero-order valence-corrected chi connectivity index (χ0v) is 17.7. The number of ether oxygens (including phenoxy) is 1. The lowest BCUT2D eigenvalue weighted by Gasteiger charge is -2.37. The molecule has 2 saturated heterocycles. The Morgan fingerprint density at radius 2 is 1.87 bits per heavy atom. The number of carbonyl (C=O) groups is 2. The van der Waals surface area contributed by atoms with E-state index >= 15 is 0 Å². The van der Waals surface area contributed by atoms with E-state index in [0.29, 0.717) is 30.5 Å². The number of para-hydroxylation sites is 1. The highest BCUT2D eigenvalue weighted by molar-refractivity contribution is 5.94. The van der Waals surface area contributed by atoms with Gasteiger partial charge in [-0.2, -0.15) is 0 Å². The van der Waals surface area contributed by atoms with Gasteiger partial charge in [-0.1, -0.05) is 24.2 Å². The van der Waals surface area contributed by atoms with Gasteiger partial charge in [0.05, 0.1) is 18.6 Å². The van der Waals surface area contributed by atoms with Gasteiger partial charge in [-0.3, -0.25) is 9.59 Å². The van der Waals surface area contributed by atoms with Gasteiger partial charge in [0, 0.05) is 32.2 Å². The van der Waals surface area contributed by atoms with Crippen LogP contribution in [0.5, 0.6) is 5.75 Å². The first-order valence-electron chi connectivity index (χ1n) is 10.7. The van der Waals surface area contributed by atoms with Crippen LogP contribution in [-0.2, 0) is 4.79 Å². The Kier molecular flexibility index (Phi) is 6.06. The Balaban J connectivity index is 1.43. The molecule has 160 valence electrons. The number of hydrogen-bond donors (Lipinski definition) is 0. The van der Waals surface area contributed by atoms with Gasteiger partial charge < -0.3 is 19.1 Å². The number of carbonyl (C=O) groups excluding carboxylic acids is 2. The van der Waals surface area contributed by atoms with Gasteiger partial charge in [-0.25, -0.2) is 0 Å². The highest BCUT2D eigenvalue weighted by Gasteiger charge is 2.33. The van der Waals surface area contributed by atoms with Crippen LogP contribution in [0.25, 0.3) is 11.3 Å². The lowest BCUT2D eigenvalue weighted by molar-refractivity contribution is -0.138. The maximum atomic E-state index is 13.0. The molecule has 0 radical (unpaired) electrons. The summed E-state index contributed by atoms with van der Waals surface area (Å²) in [7, 11) is 1.59. The lowest BCUT2D eigenvalue weighted by Crippen LogP contribution is -2.48. The van der Waals surface area contributed by atoms with Crippen LogP contribution in [0.3, 0.4) is 0 Å². The number of aromatic nitrogens is 1. The molecule has 0 saturated carbocycles. The van der Waals surface area contributed by atoms with Crippen molar-refractivity contribution in [1.29, 1.82) is 0 Å². The fourth-order valence-corrected chi connectivity index (χ4v) is 4.36. The molecule has 7 heteroatoms. The second-order valence-electron chi connectivity index (χ2n) is 8.37. The Hall–Kier alpha value is -2.83. The third kappa shape index (κ3) is 4.20. The smallest absolute Gasteiger partial charge is 0.276 e. The maximum absolute atomic E-state index is 13.0. The van der Waals surface area contributed by atoms with Crippen molar-refractivity contribution in [2.75, 3.05) is 33.3 Å². The summed E-state index contributed by atoms with van der Waals surface area (Å²) in [5, 5.41) is 3.99. The molecule has 3 heterocycles. The predicted molar refractivity (Wildman–Crippen MR) is 112 cm³/mol. The van der Waals surface area contributed by atoms with E-state index in [1.807, 2.05) is 29.2 Å². The fourth-order valence-electron chi connectivity index (χ4n) is 4.36. The van der Waals surface area contributed by atoms with Crippen LogP contribution >= 0.6 is 0 Å². The molecule has 7 nitrogen and oxygen atoms in total. The summed E-state index contributed by atoms with van der Waals surface area (Å²) in [5.74, 6) is 1.70. The SMILES string of the molecule is COc1ccccc1-c1cc(C(=O)N2CCCC(C(=O)N3CCC(C)CC3)C2)no1. The van der Waals surface area contributed by atoms with Crippen molar-refractivity contribution in [3.05, 3.63) is 36.0 Å². The van der Waals surface area contributed by atoms with Gasteiger partial charge >= 0.3 is 0 Å². The lowest BCUT2D eigenvalue weighted by atomic mass is 9.93. The van der Waals surface area contributed by atoms with Crippen molar-refractivity contribution >= 4 is 11.8 Å². The minimum atomic E-state index is -0.190. The fraction of sp³-hybridized carbons (Fsp3) is 0.522. The summed E-state index contributed by atoms with van der Waals surface area (Å²) in [5.41, 5.74) is 1.01. The number of nitrogens with zero attached hydrogens (tertiary/aromatic N) is 3. The van der Waals surface area contributed by atoms with Crippen molar-refractivity contribution in [3.8, 4) is 17.1 Å². The highest BCUT2D eigenvalue weighted by atomic mass is 16.5. The first-order chi connectivity index (χ1) is 14.6. The van der Waals surface area contributed by atoms with Gasteiger partial charge in [0.2, 0.25) is 5.91 Å². The molecule has 1 aromatic carbocycles. The standard InChI is InChI=1S/C23H29N3O4/c1-16-9-12-25(13-10-16)22(27)17-6-5-11-26(15-17)23(28)19-14-21(30-24-19)18-7-3-4-8-20(18)29-2/h3-4,7-8,14,16-17H,5-6,9-13,15H2,1-2H3. The zero-order chi connectivity index (χ0) is 21.1. The molecule has 1 aromatic heterocycles. The third-order valence-electron chi connectivity index (χ3n) is 6.25. The molecule has 2 aliphatic heterocycles. The molecule has 4 rings (SSSR count). The van der Waals surface area contributed by atoms with Gasteiger partial charge in [0.25, 0.3) is 5.91 Å². The molecule has 30 heavy (non-hydrogen) atoms. The van der Waals surface area contributed by atoms with Gasteiger partial charge in [-0.05, 0) is 43.7 Å². The second-order valence-corrected chi connectivity index (χ2v) is 8.37. The second kappa shape index (κ2) is 8.90. The summed E-state index contributed by atoms with van der Waals surface area (Å²) in [6.07, 6.45) is 3.78. The summed E-state index contributed by atoms with van der Waals surface area (Å²) in [6.45, 7) is 4.98. The monoisotopic (exact) mass is 411 g/mol. The normalized spacial score (nSPS) is 20.3. The molecule has 2 aromatic rings. The Morgan fingerprint density at radius 1 is 1.10 bits per heavy atom. The molecule has 1 atom stereocenters. The predicted octanol–water partition coefficient (Wildman–Crippen LogP) is 3.46. The average molecular weight is 412 g/mol. The number of rotatable bonds is 4. The van der Waals surface area contributed by atoms with Crippen LogP contribution in [0.1, 0.15) is 43.1 Å². The Morgan fingerprint density at radius 3 is 2.63 bits per heavy atom. The van der Waals surface area contributed by atoms with E-state index in [1.165, 1.54) is 0 Å². The molecule has 0 spiro atoms. The number of methoxy groups -OCH3 is 1. The van der Waals surface area contributed by atoms with Crippen LogP contribution in [0.2, 0.25) is 0 Å². The number of piperidine rings is 2. The molecule has 2 amide bonds. The number of amides is 2. The molecule has 0 N–H and O–H groups in total.